The number of carboxylic acids is 1. The van der Waals surface area contributed by atoms with E-state index in [-0.39, 0.29) is 59.7 Å². The van der Waals surface area contributed by atoms with Crippen LogP contribution in [0.1, 0.15) is 33.6 Å². The molecular weight excluding hydrogens is 371 g/mol. The maximum absolute atomic E-state index is 11.6. The van der Waals surface area contributed by atoms with E-state index in [1.807, 2.05) is 20.8 Å². The number of hydrogen-bond donors (Lipinski definition) is 0. The van der Waals surface area contributed by atoms with Gasteiger partial charge in [0.2, 0.25) is 11.8 Å². The molecule has 0 bridgehead atoms. The minimum absolute atomic E-state index is 0. The molecule has 0 amide bonds. The van der Waals surface area contributed by atoms with E-state index in [1.165, 1.54) is 26.0 Å². The summed E-state index contributed by atoms with van der Waals surface area (Å²) in [4.78, 5) is 30.6. The Morgan fingerprint density at radius 2 is 1.69 bits per heavy atom. The van der Waals surface area contributed by atoms with Crippen LogP contribution >= 0.6 is 11.8 Å². The minimum Gasteiger partial charge on any atom is -0.550 e. The molecule has 0 radical (unpaired) electrons. The van der Waals surface area contributed by atoms with Gasteiger partial charge in [-0.1, -0.05) is 32.5 Å². The Labute approximate surface area is 179 Å². The number of rotatable bonds is 9. The van der Waals surface area contributed by atoms with E-state index >= 15 is 0 Å². The third kappa shape index (κ3) is 9.07. The molecule has 1 heterocycles. The summed E-state index contributed by atoms with van der Waals surface area (Å²) in [6.07, 6.45) is -0.574. The molecule has 26 heavy (non-hydrogen) atoms. The molecule has 1 rings (SSSR count). The Bertz CT molecular complexity index is 587. The van der Waals surface area contributed by atoms with E-state index in [2.05, 4.69) is 9.97 Å². The summed E-state index contributed by atoms with van der Waals surface area (Å²) in [5, 5.41) is 10.7. The number of carboxylic acid groups (broad SMARTS) is 1. The topological polar surface area (TPSA) is 111 Å². The first-order valence-corrected chi connectivity index (χ1v) is 8.53. The zero-order valence-corrected chi connectivity index (χ0v) is 18.8. The number of carbonyl (C=O) groups is 2. The molecule has 10 heteroatoms. The molecule has 0 saturated heterocycles. The summed E-state index contributed by atoms with van der Waals surface area (Å²) >= 11 is 1.33. The van der Waals surface area contributed by atoms with Crippen LogP contribution in [0.4, 0.5) is 0 Å². The summed E-state index contributed by atoms with van der Waals surface area (Å²) in [6, 6.07) is 1.57. The third-order valence-electron chi connectivity index (χ3n) is 3.22. The first-order chi connectivity index (χ1) is 11.7. The molecule has 0 N–H and O–H groups in total. The number of hydrogen-bond acceptors (Lipinski definition) is 9. The Balaban J connectivity index is 0.00000625. The van der Waals surface area contributed by atoms with Gasteiger partial charge in [0.05, 0.1) is 32.0 Å². The molecule has 140 valence electrons. The molecule has 0 aliphatic heterocycles. The van der Waals surface area contributed by atoms with Gasteiger partial charge < -0.3 is 24.1 Å². The Kier molecular flexibility index (Phi) is 11.2. The number of carbonyl (C=O) groups excluding carboxylic acids is 2. The van der Waals surface area contributed by atoms with Crippen molar-refractivity contribution in [3.8, 4) is 11.8 Å². The quantitative estimate of drug-likeness (QED) is 0.205. The van der Waals surface area contributed by atoms with Crippen LogP contribution in [0.5, 0.6) is 11.8 Å². The van der Waals surface area contributed by atoms with E-state index < -0.39 is 11.9 Å². The molecule has 1 aromatic heterocycles. The molecule has 0 spiro atoms. The van der Waals surface area contributed by atoms with Gasteiger partial charge in [-0.15, -0.1) is 0 Å². The predicted molar refractivity (Wildman–Crippen MR) is 89.4 cm³/mol. The molecule has 0 fully saturated rings. The summed E-state index contributed by atoms with van der Waals surface area (Å²) in [7, 11) is 2.99. The van der Waals surface area contributed by atoms with Crippen LogP contribution in [0.3, 0.4) is 0 Å². The van der Waals surface area contributed by atoms with Gasteiger partial charge in [-0.25, -0.2) is 0 Å². The maximum atomic E-state index is 11.6. The zero-order chi connectivity index (χ0) is 19.0. The van der Waals surface area contributed by atoms with Gasteiger partial charge in [-0.3, -0.25) is 4.79 Å². The minimum atomic E-state index is -1.28. The zero-order valence-electron chi connectivity index (χ0n) is 16.0. The van der Waals surface area contributed by atoms with Gasteiger partial charge in [-0.2, -0.15) is 9.97 Å². The van der Waals surface area contributed by atoms with E-state index in [9.17, 15) is 14.7 Å². The van der Waals surface area contributed by atoms with Crippen molar-refractivity contribution in [1.82, 2.24) is 9.97 Å². The second-order valence-electron chi connectivity index (χ2n) is 6.26. The van der Waals surface area contributed by atoms with Gasteiger partial charge in [0, 0.05) is 5.97 Å². The average Bonchev–Trinajstić information content (AvgIpc) is 2.55. The summed E-state index contributed by atoms with van der Waals surface area (Å²) in [5.74, 6) is -1.13. The van der Waals surface area contributed by atoms with Crippen LogP contribution in [0.25, 0.3) is 0 Å². The number of nitrogens with zero attached hydrogens (tertiary/aromatic N) is 2. The molecule has 0 saturated carbocycles. The van der Waals surface area contributed by atoms with Gasteiger partial charge in [0.25, 0.3) is 0 Å². The van der Waals surface area contributed by atoms with Crippen LogP contribution in [-0.4, -0.2) is 48.0 Å². The predicted octanol–water partition coefficient (Wildman–Crippen LogP) is -1.92. The number of aliphatic carboxylic acids is 1. The first-order valence-electron chi connectivity index (χ1n) is 7.65. The molecule has 1 unspecified atom stereocenters. The van der Waals surface area contributed by atoms with Crippen LogP contribution < -0.4 is 44.1 Å². The van der Waals surface area contributed by atoms with Crippen molar-refractivity contribution in [1.29, 1.82) is 0 Å². The normalized spacial score (nSPS) is 11.9. The average molecular weight is 394 g/mol. The number of methoxy groups -OCH3 is 2. The second kappa shape index (κ2) is 11.6. The monoisotopic (exact) mass is 394 g/mol. The molecule has 1 aromatic rings. The van der Waals surface area contributed by atoms with Crippen molar-refractivity contribution >= 4 is 23.7 Å². The molecule has 1 atom stereocenters. The number of esters is 1. The molecule has 0 aliphatic rings. The van der Waals surface area contributed by atoms with E-state index in [0.717, 1.165) is 0 Å². The van der Waals surface area contributed by atoms with E-state index in [4.69, 9.17) is 14.2 Å². The van der Waals surface area contributed by atoms with Crippen molar-refractivity contribution in [2.75, 3.05) is 20.8 Å². The second-order valence-corrected chi connectivity index (χ2v) is 7.43. The smallest absolute Gasteiger partial charge is 0.550 e. The van der Waals surface area contributed by atoms with Gasteiger partial charge in [0.15, 0.2) is 5.16 Å². The van der Waals surface area contributed by atoms with Crippen molar-refractivity contribution in [2.24, 2.45) is 5.41 Å². The van der Waals surface area contributed by atoms with Gasteiger partial charge in [-0.05, 0) is 11.8 Å². The maximum Gasteiger partial charge on any atom is 1.00 e. The fourth-order valence-electron chi connectivity index (χ4n) is 1.68. The van der Waals surface area contributed by atoms with Crippen LogP contribution in [-0.2, 0) is 14.3 Å². The van der Waals surface area contributed by atoms with Crippen molar-refractivity contribution in [3.63, 3.8) is 0 Å². The standard InChI is InChI=1S/C16H24N2O6S.Na/c1-16(2,3)10(9-24-14(21)7-6-13(19)20)25-15-17-11(22-4)8-12(18-15)23-5;/h8,10H,6-7,9H2,1-5H3,(H,19,20);/q;+1/p-1. The fourth-order valence-corrected chi connectivity index (χ4v) is 2.71. The number of ether oxygens (including phenoxy) is 3. The summed E-state index contributed by atoms with van der Waals surface area (Å²) in [6.45, 7) is 6.09. The summed E-state index contributed by atoms with van der Waals surface area (Å²) < 4.78 is 15.4. The molecule has 0 aliphatic carbocycles. The van der Waals surface area contributed by atoms with Crippen molar-refractivity contribution < 1.29 is 58.5 Å². The first kappa shape index (κ1) is 25.0. The fraction of sp³-hybridized carbons (Fsp3) is 0.625. The largest absolute Gasteiger partial charge is 1.00 e. The molecule has 0 aromatic carbocycles. The Morgan fingerprint density at radius 1 is 1.15 bits per heavy atom. The Hall–Kier alpha value is -1.03. The van der Waals surface area contributed by atoms with E-state index in [1.54, 1.807) is 6.07 Å². The SMILES string of the molecule is COc1cc(OC)nc(SC(COC(=O)CCC(=O)[O-])C(C)(C)C)n1.[Na+]. The number of thioether (sulfide) groups is 1. The summed E-state index contributed by atoms with van der Waals surface area (Å²) in [5.41, 5.74) is -0.223. The molecular formula is C16H23N2NaO6S. The van der Waals surface area contributed by atoms with Crippen molar-refractivity contribution in [3.05, 3.63) is 6.07 Å². The van der Waals surface area contributed by atoms with Crippen LogP contribution in [0.2, 0.25) is 0 Å². The van der Waals surface area contributed by atoms with Crippen LogP contribution in [0, 0.1) is 5.41 Å². The van der Waals surface area contributed by atoms with Crippen LogP contribution in [0.15, 0.2) is 11.2 Å². The Morgan fingerprint density at radius 3 is 2.12 bits per heavy atom. The number of aromatic nitrogens is 2. The van der Waals surface area contributed by atoms with Gasteiger partial charge in [0.1, 0.15) is 6.61 Å². The van der Waals surface area contributed by atoms with Crippen molar-refractivity contribution in [2.45, 2.75) is 44.0 Å². The molecule has 8 nitrogen and oxygen atoms in total. The van der Waals surface area contributed by atoms with Gasteiger partial charge >= 0.3 is 35.5 Å². The third-order valence-corrected chi connectivity index (χ3v) is 4.74. The van der Waals surface area contributed by atoms with E-state index in [0.29, 0.717) is 16.9 Å².